The molecule has 0 saturated carbocycles. The Morgan fingerprint density at radius 3 is 2.71 bits per heavy atom. The number of nitrogens with one attached hydrogen (secondary N) is 2. The summed E-state index contributed by atoms with van der Waals surface area (Å²) in [5.41, 5.74) is 2.22. The zero-order valence-electron chi connectivity index (χ0n) is 12.0. The minimum Gasteiger partial charge on any atom is -0.351 e. The van der Waals surface area contributed by atoms with Gasteiger partial charge in [-0.2, -0.15) is 0 Å². The van der Waals surface area contributed by atoms with Gasteiger partial charge in [0.1, 0.15) is 11.5 Å². The van der Waals surface area contributed by atoms with E-state index in [2.05, 4.69) is 20.6 Å². The van der Waals surface area contributed by atoms with Gasteiger partial charge in [-0.3, -0.25) is 4.79 Å². The predicted octanol–water partition coefficient (Wildman–Crippen LogP) is 3.32. The molecule has 21 heavy (non-hydrogen) atoms. The molecule has 110 valence electrons. The third-order valence-corrected chi connectivity index (χ3v) is 3.11. The van der Waals surface area contributed by atoms with Gasteiger partial charge >= 0.3 is 0 Å². The Hall–Kier alpha value is -2.14. The van der Waals surface area contributed by atoms with Crippen molar-refractivity contribution in [3.63, 3.8) is 0 Å². The summed E-state index contributed by atoms with van der Waals surface area (Å²) in [4.78, 5) is 20.0. The largest absolute Gasteiger partial charge is 0.351 e. The first-order chi connectivity index (χ1) is 10.1. The number of benzene rings is 1. The number of aromatic nitrogens is 2. The van der Waals surface area contributed by atoms with E-state index in [4.69, 9.17) is 11.6 Å². The Balaban J connectivity index is 2.07. The second-order valence-corrected chi connectivity index (χ2v) is 5.06. The molecule has 0 unspecified atom stereocenters. The van der Waals surface area contributed by atoms with E-state index in [-0.39, 0.29) is 5.91 Å². The SMILES string of the molecule is CCCNC(=O)c1cnc(Nc2ccc(Cl)cc2C)cn1. The maximum Gasteiger partial charge on any atom is 0.271 e. The van der Waals surface area contributed by atoms with Crippen LogP contribution in [0.4, 0.5) is 11.5 Å². The molecule has 0 aliphatic rings. The summed E-state index contributed by atoms with van der Waals surface area (Å²) < 4.78 is 0. The summed E-state index contributed by atoms with van der Waals surface area (Å²) in [7, 11) is 0. The smallest absolute Gasteiger partial charge is 0.271 e. The summed E-state index contributed by atoms with van der Waals surface area (Å²) >= 11 is 5.92. The molecule has 0 bridgehead atoms. The molecule has 2 aromatic rings. The molecule has 1 aromatic heterocycles. The van der Waals surface area contributed by atoms with E-state index in [9.17, 15) is 4.79 Å². The fraction of sp³-hybridized carbons (Fsp3) is 0.267. The number of anilines is 2. The number of carbonyl (C=O) groups is 1. The number of hydrogen-bond acceptors (Lipinski definition) is 4. The number of nitrogens with zero attached hydrogens (tertiary/aromatic N) is 2. The van der Waals surface area contributed by atoms with E-state index >= 15 is 0 Å². The van der Waals surface area contributed by atoms with Gasteiger partial charge in [0.25, 0.3) is 5.91 Å². The van der Waals surface area contributed by atoms with Crippen molar-refractivity contribution in [1.82, 2.24) is 15.3 Å². The van der Waals surface area contributed by atoms with Crippen LogP contribution in [0.25, 0.3) is 0 Å². The molecule has 0 saturated heterocycles. The molecule has 1 heterocycles. The molecule has 0 radical (unpaired) electrons. The maximum absolute atomic E-state index is 11.7. The first kappa shape index (κ1) is 15.3. The standard InChI is InChI=1S/C15H17ClN4O/c1-3-6-17-15(21)13-8-19-14(9-18-13)20-12-5-4-11(16)7-10(12)2/h4-5,7-9H,3,6H2,1-2H3,(H,17,21)(H,19,20). The maximum atomic E-state index is 11.7. The Morgan fingerprint density at radius 2 is 2.10 bits per heavy atom. The highest BCUT2D eigenvalue weighted by molar-refractivity contribution is 6.30. The van der Waals surface area contributed by atoms with E-state index < -0.39 is 0 Å². The van der Waals surface area contributed by atoms with Crippen molar-refractivity contribution in [1.29, 1.82) is 0 Å². The lowest BCUT2D eigenvalue weighted by Gasteiger charge is -2.09. The molecule has 1 amide bonds. The Morgan fingerprint density at radius 1 is 1.29 bits per heavy atom. The van der Waals surface area contributed by atoms with Crippen molar-refractivity contribution < 1.29 is 4.79 Å². The van der Waals surface area contributed by atoms with Crippen LogP contribution in [0.3, 0.4) is 0 Å². The lowest BCUT2D eigenvalue weighted by molar-refractivity contribution is 0.0948. The van der Waals surface area contributed by atoms with E-state index in [0.717, 1.165) is 17.7 Å². The molecule has 5 nitrogen and oxygen atoms in total. The molecule has 2 rings (SSSR count). The molecule has 0 fully saturated rings. The Kier molecular flexibility index (Phi) is 5.11. The number of aryl methyl sites for hydroxylation is 1. The molecule has 0 spiro atoms. The molecule has 2 N–H and O–H groups in total. The van der Waals surface area contributed by atoms with Crippen LogP contribution in [0, 0.1) is 6.92 Å². The number of rotatable bonds is 5. The molecular formula is C15H17ClN4O. The van der Waals surface area contributed by atoms with Gasteiger partial charge in [-0.25, -0.2) is 9.97 Å². The van der Waals surface area contributed by atoms with Gasteiger partial charge in [-0.15, -0.1) is 0 Å². The Bertz CT molecular complexity index is 628. The van der Waals surface area contributed by atoms with Gasteiger partial charge in [0.05, 0.1) is 12.4 Å². The van der Waals surface area contributed by atoms with Crippen LogP contribution in [0.15, 0.2) is 30.6 Å². The normalized spacial score (nSPS) is 10.2. The lowest BCUT2D eigenvalue weighted by atomic mass is 10.2. The summed E-state index contributed by atoms with van der Waals surface area (Å²) in [6.07, 6.45) is 3.88. The van der Waals surface area contributed by atoms with Gasteiger partial charge in [-0.1, -0.05) is 18.5 Å². The minimum atomic E-state index is -0.210. The topological polar surface area (TPSA) is 66.9 Å². The van der Waals surface area contributed by atoms with Crippen molar-refractivity contribution >= 4 is 29.0 Å². The molecule has 0 aliphatic heterocycles. The van der Waals surface area contributed by atoms with Gasteiger partial charge in [-0.05, 0) is 37.1 Å². The van der Waals surface area contributed by atoms with Crippen LogP contribution < -0.4 is 10.6 Å². The molecular weight excluding hydrogens is 288 g/mol. The van der Waals surface area contributed by atoms with E-state index in [1.807, 2.05) is 26.0 Å². The van der Waals surface area contributed by atoms with Crippen LogP contribution in [-0.4, -0.2) is 22.4 Å². The second kappa shape index (κ2) is 7.04. The summed E-state index contributed by atoms with van der Waals surface area (Å²) in [6, 6.07) is 5.54. The number of hydrogen-bond donors (Lipinski definition) is 2. The van der Waals surface area contributed by atoms with E-state index in [1.54, 1.807) is 6.07 Å². The van der Waals surface area contributed by atoms with Gasteiger partial charge in [0.2, 0.25) is 0 Å². The predicted molar refractivity (Wildman–Crippen MR) is 84.1 cm³/mol. The fourth-order valence-corrected chi connectivity index (χ4v) is 1.97. The van der Waals surface area contributed by atoms with Gasteiger partial charge in [0, 0.05) is 17.3 Å². The fourth-order valence-electron chi connectivity index (χ4n) is 1.74. The van der Waals surface area contributed by atoms with Gasteiger partial charge in [0.15, 0.2) is 0 Å². The van der Waals surface area contributed by atoms with Crippen molar-refractivity contribution in [3.05, 3.63) is 46.9 Å². The molecule has 6 heteroatoms. The average Bonchev–Trinajstić information content (AvgIpc) is 2.48. The first-order valence-corrected chi connectivity index (χ1v) is 7.11. The molecule has 0 atom stereocenters. The average molecular weight is 305 g/mol. The van der Waals surface area contributed by atoms with Crippen LogP contribution >= 0.6 is 11.6 Å². The summed E-state index contributed by atoms with van der Waals surface area (Å²) in [6.45, 7) is 4.58. The highest BCUT2D eigenvalue weighted by atomic mass is 35.5. The van der Waals surface area contributed by atoms with E-state index in [0.29, 0.717) is 23.1 Å². The summed E-state index contributed by atoms with van der Waals surface area (Å²) in [5.74, 6) is 0.367. The molecule has 1 aromatic carbocycles. The van der Waals surface area contributed by atoms with Gasteiger partial charge < -0.3 is 10.6 Å². The van der Waals surface area contributed by atoms with Crippen LogP contribution in [0.1, 0.15) is 29.4 Å². The number of halogens is 1. The summed E-state index contributed by atoms with van der Waals surface area (Å²) in [5, 5.41) is 6.59. The third-order valence-electron chi connectivity index (χ3n) is 2.87. The second-order valence-electron chi connectivity index (χ2n) is 4.63. The van der Waals surface area contributed by atoms with Crippen LogP contribution in [-0.2, 0) is 0 Å². The highest BCUT2D eigenvalue weighted by Gasteiger charge is 2.07. The zero-order chi connectivity index (χ0) is 15.2. The van der Waals surface area contributed by atoms with E-state index in [1.165, 1.54) is 12.4 Å². The van der Waals surface area contributed by atoms with Crippen molar-refractivity contribution in [2.75, 3.05) is 11.9 Å². The number of amides is 1. The van der Waals surface area contributed by atoms with Crippen molar-refractivity contribution in [2.24, 2.45) is 0 Å². The lowest BCUT2D eigenvalue weighted by Crippen LogP contribution is -2.25. The number of carbonyl (C=O) groups excluding carboxylic acids is 1. The van der Waals surface area contributed by atoms with Crippen LogP contribution in [0.2, 0.25) is 5.02 Å². The highest BCUT2D eigenvalue weighted by Crippen LogP contribution is 2.22. The van der Waals surface area contributed by atoms with Crippen molar-refractivity contribution in [2.45, 2.75) is 20.3 Å². The third kappa shape index (κ3) is 4.16. The monoisotopic (exact) mass is 304 g/mol. The quantitative estimate of drug-likeness (QED) is 0.889. The Labute approximate surface area is 128 Å². The van der Waals surface area contributed by atoms with Crippen LogP contribution in [0.5, 0.6) is 0 Å². The van der Waals surface area contributed by atoms with Crippen molar-refractivity contribution in [3.8, 4) is 0 Å². The minimum absolute atomic E-state index is 0.210. The first-order valence-electron chi connectivity index (χ1n) is 6.73. The zero-order valence-corrected chi connectivity index (χ0v) is 12.7. The molecule has 0 aliphatic carbocycles.